The van der Waals surface area contributed by atoms with Crippen LogP contribution in [0.15, 0.2) is 42.5 Å². The first kappa shape index (κ1) is 18.9. The van der Waals surface area contributed by atoms with E-state index in [2.05, 4.69) is 9.72 Å². The van der Waals surface area contributed by atoms with Gasteiger partial charge in [-0.1, -0.05) is 23.7 Å². The minimum Gasteiger partial charge on any atom is -0.497 e. The van der Waals surface area contributed by atoms with Gasteiger partial charge in [-0.15, -0.1) is 0 Å². The van der Waals surface area contributed by atoms with Gasteiger partial charge in [-0.25, -0.2) is 4.98 Å². The maximum Gasteiger partial charge on any atom is 0.387 e. The highest BCUT2D eigenvalue weighted by molar-refractivity contribution is 6.35. The summed E-state index contributed by atoms with van der Waals surface area (Å²) in [5, 5.41) is 1.35. The molecule has 0 N–H and O–H groups in total. The Morgan fingerprint density at radius 2 is 1.78 bits per heavy atom. The van der Waals surface area contributed by atoms with Crippen molar-refractivity contribution in [2.45, 2.75) is 6.61 Å². The molecule has 1 aromatic heterocycles. The highest BCUT2D eigenvalue weighted by Gasteiger charge is 2.10. The summed E-state index contributed by atoms with van der Waals surface area (Å²) in [5.74, 6) is 0.896. The molecule has 0 unspecified atom stereocenters. The molecular weight excluding hydrogens is 376 g/mol. The Kier molecular flexibility index (Phi) is 5.76. The second kappa shape index (κ2) is 8.22. The zero-order valence-electron chi connectivity index (χ0n) is 14.6. The van der Waals surface area contributed by atoms with Crippen molar-refractivity contribution in [2.24, 2.45) is 0 Å². The number of benzene rings is 2. The number of hydrogen-bond acceptors (Lipinski definition) is 4. The molecule has 0 spiro atoms. The average molecular weight is 392 g/mol. The van der Waals surface area contributed by atoms with Crippen LogP contribution in [0.1, 0.15) is 11.3 Å². The number of fused-ring (bicyclic) bond motifs is 1. The summed E-state index contributed by atoms with van der Waals surface area (Å²) in [6.45, 7) is -2.91. The number of pyridine rings is 1. The Bertz CT molecular complexity index is 992. The summed E-state index contributed by atoms with van der Waals surface area (Å²) in [5.41, 5.74) is 2.13. The summed E-state index contributed by atoms with van der Waals surface area (Å²) in [6, 6.07) is 11.9. The van der Waals surface area contributed by atoms with E-state index in [-0.39, 0.29) is 11.5 Å². The molecule has 0 atom stereocenters. The van der Waals surface area contributed by atoms with E-state index in [0.29, 0.717) is 16.5 Å². The molecule has 0 aliphatic rings. The lowest BCUT2D eigenvalue weighted by atomic mass is 10.1. The topological polar surface area (TPSA) is 40.6 Å². The molecular formula is C20H16ClF2NO3. The third-order valence-electron chi connectivity index (χ3n) is 3.84. The van der Waals surface area contributed by atoms with Crippen LogP contribution in [-0.2, 0) is 0 Å². The second-order valence-corrected chi connectivity index (χ2v) is 5.94. The number of ether oxygens (including phenoxy) is 3. The molecule has 0 saturated heterocycles. The molecule has 1 heterocycles. The molecule has 0 amide bonds. The molecule has 4 nitrogen and oxygen atoms in total. The molecule has 2 aromatic carbocycles. The summed E-state index contributed by atoms with van der Waals surface area (Å²) >= 11 is 6.35. The second-order valence-electron chi connectivity index (χ2n) is 5.53. The van der Waals surface area contributed by atoms with Crippen LogP contribution in [-0.4, -0.2) is 25.8 Å². The van der Waals surface area contributed by atoms with Crippen LogP contribution in [0.25, 0.3) is 23.1 Å². The van der Waals surface area contributed by atoms with Gasteiger partial charge in [0.2, 0.25) is 0 Å². The number of hydrogen-bond donors (Lipinski definition) is 0. The van der Waals surface area contributed by atoms with Gasteiger partial charge in [0.1, 0.15) is 5.75 Å². The first-order chi connectivity index (χ1) is 13.0. The van der Waals surface area contributed by atoms with Crippen molar-refractivity contribution in [3.63, 3.8) is 0 Å². The molecule has 0 fully saturated rings. The van der Waals surface area contributed by atoms with Crippen molar-refractivity contribution < 1.29 is 23.0 Å². The minimum absolute atomic E-state index is 0.0227. The van der Waals surface area contributed by atoms with Gasteiger partial charge >= 0.3 is 6.61 Å². The quantitative estimate of drug-likeness (QED) is 0.542. The molecule has 27 heavy (non-hydrogen) atoms. The Morgan fingerprint density at radius 1 is 0.963 bits per heavy atom. The first-order valence-electron chi connectivity index (χ1n) is 7.95. The highest BCUT2D eigenvalue weighted by atomic mass is 35.5. The summed E-state index contributed by atoms with van der Waals surface area (Å²) in [7, 11) is 2.98. The van der Waals surface area contributed by atoms with Crippen LogP contribution < -0.4 is 14.2 Å². The van der Waals surface area contributed by atoms with Gasteiger partial charge in [0.25, 0.3) is 0 Å². The Morgan fingerprint density at radius 3 is 2.48 bits per heavy atom. The lowest BCUT2D eigenvalue weighted by molar-refractivity contribution is -0.0512. The largest absolute Gasteiger partial charge is 0.497 e. The Balaban J connectivity index is 1.89. The predicted octanol–water partition coefficient (Wildman–Crippen LogP) is 5.68. The fourth-order valence-corrected chi connectivity index (χ4v) is 2.82. The molecule has 0 saturated carbocycles. The van der Waals surface area contributed by atoms with E-state index in [1.165, 1.54) is 13.2 Å². The SMILES string of the molecule is COc1ccc2nc(/C=C/c3ccc(OC(F)F)c(OC)c3)cc(Cl)c2c1. The van der Waals surface area contributed by atoms with Crippen molar-refractivity contribution in [1.29, 1.82) is 0 Å². The summed E-state index contributed by atoms with van der Waals surface area (Å²) in [6.07, 6.45) is 3.56. The fourth-order valence-electron chi connectivity index (χ4n) is 2.56. The van der Waals surface area contributed by atoms with Gasteiger partial charge in [-0.3, -0.25) is 0 Å². The number of halogens is 3. The zero-order valence-corrected chi connectivity index (χ0v) is 15.3. The van der Waals surface area contributed by atoms with Gasteiger partial charge < -0.3 is 14.2 Å². The number of nitrogens with zero attached hydrogens (tertiary/aromatic N) is 1. The first-order valence-corrected chi connectivity index (χ1v) is 8.33. The molecule has 0 bridgehead atoms. The molecule has 140 valence electrons. The van der Waals surface area contributed by atoms with Crippen LogP contribution in [0, 0.1) is 0 Å². The van der Waals surface area contributed by atoms with Crippen LogP contribution >= 0.6 is 11.6 Å². The monoisotopic (exact) mass is 391 g/mol. The van der Waals surface area contributed by atoms with Crippen LogP contribution in [0.2, 0.25) is 5.02 Å². The molecule has 0 aliphatic heterocycles. The Hall–Kier alpha value is -2.86. The number of alkyl halides is 2. The lowest BCUT2D eigenvalue weighted by Gasteiger charge is -2.10. The van der Waals surface area contributed by atoms with Crippen molar-refractivity contribution in [3.8, 4) is 17.2 Å². The van der Waals surface area contributed by atoms with Crippen molar-refractivity contribution >= 4 is 34.7 Å². The van der Waals surface area contributed by atoms with Crippen LogP contribution in [0.4, 0.5) is 8.78 Å². The van der Waals surface area contributed by atoms with E-state index in [1.807, 2.05) is 18.2 Å². The molecule has 3 aromatic rings. The predicted molar refractivity (Wildman–Crippen MR) is 102 cm³/mol. The summed E-state index contributed by atoms with van der Waals surface area (Å²) < 4.78 is 39.5. The minimum atomic E-state index is -2.91. The van der Waals surface area contributed by atoms with Gasteiger partial charge in [0.05, 0.1) is 30.5 Å². The van der Waals surface area contributed by atoms with E-state index in [1.54, 1.807) is 37.5 Å². The van der Waals surface area contributed by atoms with Crippen LogP contribution in [0.5, 0.6) is 17.2 Å². The molecule has 0 radical (unpaired) electrons. The fraction of sp³-hybridized carbons (Fsp3) is 0.150. The lowest BCUT2D eigenvalue weighted by Crippen LogP contribution is -2.03. The van der Waals surface area contributed by atoms with Crippen LogP contribution in [0.3, 0.4) is 0 Å². The number of aromatic nitrogens is 1. The summed E-state index contributed by atoms with van der Waals surface area (Å²) in [4.78, 5) is 4.54. The van der Waals surface area contributed by atoms with Crippen molar-refractivity contribution in [1.82, 2.24) is 4.98 Å². The number of methoxy groups -OCH3 is 2. The van der Waals surface area contributed by atoms with Crippen molar-refractivity contribution in [2.75, 3.05) is 14.2 Å². The maximum absolute atomic E-state index is 12.4. The van der Waals surface area contributed by atoms with E-state index >= 15 is 0 Å². The highest BCUT2D eigenvalue weighted by Crippen LogP contribution is 2.31. The van der Waals surface area contributed by atoms with Gasteiger partial charge in [-0.2, -0.15) is 8.78 Å². The third kappa shape index (κ3) is 4.46. The van der Waals surface area contributed by atoms with Gasteiger partial charge in [0, 0.05) is 5.39 Å². The third-order valence-corrected chi connectivity index (χ3v) is 4.15. The Labute approximate surface area is 159 Å². The van der Waals surface area contributed by atoms with Crippen molar-refractivity contribution in [3.05, 3.63) is 58.7 Å². The standard InChI is InChI=1S/C20H16ClF2NO3/c1-25-14-6-7-17-15(11-14)16(21)10-13(24-17)5-3-12-4-8-18(27-20(22)23)19(9-12)26-2/h3-11,20H,1-2H3/b5-3+. The van der Waals surface area contributed by atoms with E-state index < -0.39 is 6.61 Å². The normalized spacial score (nSPS) is 11.3. The average Bonchev–Trinajstić information content (AvgIpc) is 2.66. The van der Waals surface area contributed by atoms with E-state index in [9.17, 15) is 8.78 Å². The molecule has 7 heteroatoms. The number of rotatable bonds is 6. The zero-order chi connectivity index (χ0) is 19.4. The van der Waals surface area contributed by atoms with Gasteiger partial charge in [-0.05, 0) is 48.0 Å². The maximum atomic E-state index is 12.4. The molecule has 0 aliphatic carbocycles. The molecule has 3 rings (SSSR count). The smallest absolute Gasteiger partial charge is 0.387 e. The van der Waals surface area contributed by atoms with Gasteiger partial charge in [0.15, 0.2) is 11.5 Å². The van der Waals surface area contributed by atoms with E-state index in [0.717, 1.165) is 16.5 Å². The van der Waals surface area contributed by atoms with E-state index in [4.69, 9.17) is 21.1 Å².